The van der Waals surface area contributed by atoms with Crippen molar-refractivity contribution in [1.29, 1.82) is 0 Å². The second-order valence-corrected chi connectivity index (χ2v) is 8.85. The fourth-order valence-electron chi connectivity index (χ4n) is 4.00. The molecule has 1 aliphatic rings. The zero-order valence-electron chi connectivity index (χ0n) is 18.4. The molecule has 1 saturated heterocycles. The highest BCUT2D eigenvalue weighted by atomic mass is 32.1. The van der Waals surface area contributed by atoms with E-state index >= 15 is 0 Å². The predicted octanol–water partition coefficient (Wildman–Crippen LogP) is 4.92. The quantitative estimate of drug-likeness (QED) is 0.548. The Hall–Kier alpha value is -2.97. The number of amides is 1. The molecule has 1 aliphatic heterocycles. The smallest absolute Gasteiger partial charge is 0.286 e. The molecule has 4 rings (SSSR count). The van der Waals surface area contributed by atoms with Gasteiger partial charge in [-0.1, -0.05) is 36.3 Å². The van der Waals surface area contributed by atoms with E-state index in [4.69, 9.17) is 9.47 Å². The fraction of sp³-hybridized carbons (Fsp3) is 0.375. The van der Waals surface area contributed by atoms with Crippen LogP contribution in [0.1, 0.15) is 52.1 Å². The first-order chi connectivity index (χ1) is 15.7. The third kappa shape index (κ3) is 5.44. The molecular weight excluding hydrogens is 424 g/mol. The van der Waals surface area contributed by atoms with Crippen LogP contribution in [0.3, 0.4) is 0 Å². The number of aromatic nitrogens is 2. The first-order valence-corrected chi connectivity index (χ1v) is 11.6. The van der Waals surface area contributed by atoms with E-state index in [-0.39, 0.29) is 5.91 Å². The van der Waals surface area contributed by atoms with E-state index in [1.807, 2.05) is 12.1 Å². The van der Waals surface area contributed by atoms with Crippen LogP contribution in [-0.4, -0.2) is 41.8 Å². The SMILES string of the molecule is COc1ccc(NC(=O)c2nnc(CN3CCCCCC3c3ccc(OC)cc3)s2)cc1. The maximum atomic E-state index is 12.6. The van der Waals surface area contributed by atoms with Gasteiger partial charge in [0.15, 0.2) is 0 Å². The van der Waals surface area contributed by atoms with Crippen LogP contribution in [0.5, 0.6) is 11.5 Å². The number of methoxy groups -OCH3 is 2. The minimum atomic E-state index is -0.249. The Morgan fingerprint density at radius 1 is 1.00 bits per heavy atom. The van der Waals surface area contributed by atoms with E-state index in [2.05, 4.69) is 32.5 Å². The monoisotopic (exact) mass is 452 g/mol. The molecule has 1 atom stereocenters. The van der Waals surface area contributed by atoms with Crippen LogP contribution >= 0.6 is 11.3 Å². The lowest BCUT2D eigenvalue weighted by Gasteiger charge is -2.29. The third-order valence-corrected chi connectivity index (χ3v) is 6.62. The molecule has 32 heavy (non-hydrogen) atoms. The number of carbonyl (C=O) groups excluding carboxylic acids is 1. The molecule has 0 aliphatic carbocycles. The van der Waals surface area contributed by atoms with E-state index in [1.165, 1.54) is 29.7 Å². The Balaban J connectivity index is 1.44. The molecule has 1 N–H and O–H groups in total. The van der Waals surface area contributed by atoms with E-state index in [0.29, 0.717) is 23.3 Å². The summed E-state index contributed by atoms with van der Waals surface area (Å²) in [6.07, 6.45) is 4.71. The van der Waals surface area contributed by atoms with Crippen molar-refractivity contribution in [1.82, 2.24) is 15.1 Å². The van der Waals surface area contributed by atoms with Gasteiger partial charge in [0, 0.05) is 11.7 Å². The molecule has 168 valence electrons. The van der Waals surface area contributed by atoms with Crippen molar-refractivity contribution in [3.05, 3.63) is 64.1 Å². The van der Waals surface area contributed by atoms with Gasteiger partial charge in [0.25, 0.3) is 5.91 Å². The van der Waals surface area contributed by atoms with Crippen molar-refractivity contribution in [3.63, 3.8) is 0 Å². The summed E-state index contributed by atoms with van der Waals surface area (Å²) in [6.45, 7) is 1.69. The fourth-order valence-corrected chi connectivity index (χ4v) is 4.76. The van der Waals surface area contributed by atoms with Crippen molar-refractivity contribution in [2.75, 3.05) is 26.1 Å². The lowest BCUT2D eigenvalue weighted by atomic mass is 10.0. The Kier molecular flexibility index (Phi) is 7.34. The molecule has 1 fully saturated rings. The maximum Gasteiger partial charge on any atom is 0.286 e. The Bertz CT molecular complexity index is 1020. The molecule has 0 saturated carbocycles. The van der Waals surface area contributed by atoms with Crippen molar-refractivity contribution in [2.24, 2.45) is 0 Å². The molecule has 0 radical (unpaired) electrons. The van der Waals surface area contributed by atoms with Gasteiger partial charge in [-0.2, -0.15) is 0 Å². The first kappa shape index (κ1) is 22.2. The minimum Gasteiger partial charge on any atom is -0.497 e. The summed E-state index contributed by atoms with van der Waals surface area (Å²) in [6, 6.07) is 15.9. The molecule has 7 nitrogen and oxygen atoms in total. The molecule has 3 aromatic rings. The second kappa shape index (κ2) is 10.6. The lowest BCUT2D eigenvalue weighted by Crippen LogP contribution is -2.28. The molecule has 2 aromatic carbocycles. The molecule has 1 aromatic heterocycles. The summed E-state index contributed by atoms with van der Waals surface area (Å²) in [4.78, 5) is 15.1. The van der Waals surface area contributed by atoms with Gasteiger partial charge in [-0.25, -0.2) is 0 Å². The lowest BCUT2D eigenvalue weighted by molar-refractivity contribution is 0.102. The van der Waals surface area contributed by atoms with Crippen LogP contribution < -0.4 is 14.8 Å². The van der Waals surface area contributed by atoms with Crippen molar-refractivity contribution in [2.45, 2.75) is 38.3 Å². The molecule has 8 heteroatoms. The Morgan fingerprint density at radius 3 is 2.38 bits per heavy atom. The van der Waals surface area contributed by atoms with Crippen LogP contribution in [0, 0.1) is 0 Å². The highest BCUT2D eigenvalue weighted by Gasteiger charge is 2.24. The van der Waals surface area contributed by atoms with Crippen LogP contribution in [0.15, 0.2) is 48.5 Å². The van der Waals surface area contributed by atoms with Crippen molar-refractivity contribution < 1.29 is 14.3 Å². The van der Waals surface area contributed by atoms with Crippen molar-refractivity contribution in [3.8, 4) is 11.5 Å². The summed E-state index contributed by atoms with van der Waals surface area (Å²) in [5, 5.41) is 12.5. The average molecular weight is 453 g/mol. The largest absolute Gasteiger partial charge is 0.497 e. The summed E-state index contributed by atoms with van der Waals surface area (Å²) in [5.74, 6) is 1.36. The summed E-state index contributed by atoms with van der Waals surface area (Å²) in [5.41, 5.74) is 1.98. The maximum absolute atomic E-state index is 12.6. The van der Waals surface area contributed by atoms with Gasteiger partial charge < -0.3 is 14.8 Å². The second-order valence-electron chi connectivity index (χ2n) is 7.79. The number of rotatable bonds is 7. The molecular formula is C24H28N4O3S. The van der Waals surface area contributed by atoms with Gasteiger partial charge in [0.1, 0.15) is 16.5 Å². The van der Waals surface area contributed by atoms with Crippen molar-refractivity contribution >= 4 is 22.9 Å². The molecule has 1 amide bonds. The van der Waals surface area contributed by atoms with E-state index in [0.717, 1.165) is 35.9 Å². The average Bonchev–Trinajstić information content (AvgIpc) is 3.18. The number of nitrogens with zero attached hydrogens (tertiary/aromatic N) is 3. The number of hydrogen-bond donors (Lipinski definition) is 1. The van der Waals surface area contributed by atoms with Crippen LogP contribution in [0.2, 0.25) is 0 Å². The number of likely N-dealkylation sites (tertiary alicyclic amines) is 1. The van der Waals surface area contributed by atoms with Gasteiger partial charge in [-0.05, 0) is 61.3 Å². The standard InChI is InChI=1S/C24H28N4O3S/c1-30-19-11-7-17(8-12-19)21-6-4-3-5-15-28(21)16-22-26-27-24(32-22)23(29)25-18-9-13-20(31-2)14-10-18/h7-14,21H,3-6,15-16H2,1-2H3,(H,25,29). The highest BCUT2D eigenvalue weighted by Crippen LogP contribution is 2.32. The molecule has 2 heterocycles. The predicted molar refractivity (Wildman–Crippen MR) is 125 cm³/mol. The van der Waals surface area contributed by atoms with Gasteiger partial charge >= 0.3 is 0 Å². The summed E-state index contributed by atoms with van der Waals surface area (Å²) >= 11 is 1.35. The van der Waals surface area contributed by atoms with Crippen LogP contribution in [0.25, 0.3) is 0 Å². The molecule has 0 bridgehead atoms. The van der Waals surface area contributed by atoms with Gasteiger partial charge in [-0.15, -0.1) is 10.2 Å². The zero-order chi connectivity index (χ0) is 22.3. The van der Waals surface area contributed by atoms with Gasteiger partial charge in [0.05, 0.1) is 20.8 Å². The number of carbonyl (C=O) groups is 1. The van der Waals surface area contributed by atoms with Gasteiger partial charge in [-0.3, -0.25) is 9.69 Å². The first-order valence-electron chi connectivity index (χ1n) is 10.8. The summed E-state index contributed by atoms with van der Waals surface area (Å²) < 4.78 is 10.5. The number of hydrogen-bond acceptors (Lipinski definition) is 7. The number of nitrogens with one attached hydrogen (secondary N) is 1. The number of ether oxygens (including phenoxy) is 2. The highest BCUT2D eigenvalue weighted by molar-refractivity contribution is 7.13. The van der Waals surface area contributed by atoms with E-state index in [1.54, 1.807) is 38.5 Å². The Labute approximate surface area is 192 Å². The number of anilines is 1. The van der Waals surface area contributed by atoms with Gasteiger partial charge in [0.2, 0.25) is 5.01 Å². The summed E-state index contributed by atoms with van der Waals surface area (Å²) in [7, 11) is 3.30. The zero-order valence-corrected chi connectivity index (χ0v) is 19.2. The van der Waals surface area contributed by atoms with E-state index < -0.39 is 0 Å². The minimum absolute atomic E-state index is 0.249. The number of benzene rings is 2. The normalized spacial score (nSPS) is 16.9. The van der Waals surface area contributed by atoms with Crippen LogP contribution in [-0.2, 0) is 6.54 Å². The topological polar surface area (TPSA) is 76.6 Å². The van der Waals surface area contributed by atoms with Crippen LogP contribution in [0.4, 0.5) is 5.69 Å². The van der Waals surface area contributed by atoms with E-state index in [9.17, 15) is 4.79 Å². The molecule has 0 spiro atoms. The third-order valence-electron chi connectivity index (χ3n) is 5.71. The Morgan fingerprint density at radius 2 is 1.69 bits per heavy atom. The molecule has 1 unspecified atom stereocenters.